The number of amides is 1. The summed E-state index contributed by atoms with van der Waals surface area (Å²) in [6.45, 7) is 1.82. The summed E-state index contributed by atoms with van der Waals surface area (Å²) in [5.41, 5.74) is 3.84. The van der Waals surface area contributed by atoms with Gasteiger partial charge in [-0.1, -0.05) is 25.1 Å². The van der Waals surface area contributed by atoms with Crippen LogP contribution in [0.15, 0.2) is 48.5 Å². The fourth-order valence-corrected chi connectivity index (χ4v) is 3.87. The van der Waals surface area contributed by atoms with E-state index in [-0.39, 0.29) is 6.61 Å². The third kappa shape index (κ3) is 4.13. The van der Waals surface area contributed by atoms with Gasteiger partial charge in [0.25, 0.3) is 5.91 Å². The van der Waals surface area contributed by atoms with E-state index in [9.17, 15) is 9.59 Å². The first-order chi connectivity index (χ1) is 14.5. The monoisotopic (exact) mass is 404 g/mol. The Labute approximate surface area is 175 Å². The van der Waals surface area contributed by atoms with Crippen LogP contribution in [-0.2, 0) is 22.4 Å². The number of carbonyl (C=O) groups is 2. The van der Waals surface area contributed by atoms with Crippen molar-refractivity contribution in [3.63, 3.8) is 0 Å². The number of fused-ring (bicyclic) bond motifs is 2. The van der Waals surface area contributed by atoms with Crippen LogP contribution in [0.1, 0.15) is 35.0 Å². The van der Waals surface area contributed by atoms with Gasteiger partial charge >= 0.3 is 5.97 Å². The van der Waals surface area contributed by atoms with Gasteiger partial charge in [0.1, 0.15) is 5.75 Å². The van der Waals surface area contributed by atoms with Gasteiger partial charge in [-0.2, -0.15) is 0 Å². The molecule has 30 heavy (non-hydrogen) atoms. The number of benzene rings is 2. The maximum absolute atomic E-state index is 13.0. The van der Waals surface area contributed by atoms with E-state index in [1.54, 1.807) is 31.4 Å². The van der Waals surface area contributed by atoms with E-state index in [0.29, 0.717) is 22.9 Å². The number of hydrogen-bond donors (Lipinski definition) is 1. The second-order valence-corrected chi connectivity index (χ2v) is 7.63. The van der Waals surface area contributed by atoms with Gasteiger partial charge in [0.15, 0.2) is 6.61 Å². The first-order valence-electron chi connectivity index (χ1n) is 10.1. The number of ether oxygens (including phenoxy) is 2. The highest BCUT2D eigenvalue weighted by Gasteiger charge is 2.26. The smallest absolute Gasteiger partial charge is 0.339 e. The average Bonchev–Trinajstić information content (AvgIpc) is 2.76. The van der Waals surface area contributed by atoms with E-state index in [1.807, 2.05) is 24.3 Å². The molecule has 3 aromatic rings. The summed E-state index contributed by atoms with van der Waals surface area (Å²) < 4.78 is 10.5. The third-order valence-electron chi connectivity index (χ3n) is 5.42. The molecule has 154 valence electrons. The minimum Gasteiger partial charge on any atom is -0.497 e. The van der Waals surface area contributed by atoms with Crippen LogP contribution in [0.5, 0.6) is 5.75 Å². The Balaban J connectivity index is 1.52. The fourth-order valence-electron chi connectivity index (χ4n) is 3.87. The number of nitrogens with zero attached hydrogens (tertiary/aromatic N) is 1. The first kappa shape index (κ1) is 19.9. The molecule has 1 N–H and O–H groups in total. The van der Waals surface area contributed by atoms with Crippen LogP contribution in [-0.4, -0.2) is 30.6 Å². The molecule has 0 unspecified atom stereocenters. The van der Waals surface area contributed by atoms with Crippen LogP contribution in [0.3, 0.4) is 0 Å². The standard InChI is InChI=1S/C24H24N2O4/c1-15-7-12-21-19(13-15)23(18-5-3-4-6-20(18)26-21)24(28)30-14-22(27)25-16-8-10-17(29-2)11-9-16/h3-6,8-11,15H,7,12-14H2,1-2H3,(H,25,27)/t15-/m0/s1. The SMILES string of the molecule is COc1ccc(NC(=O)COC(=O)c2c3c(nc4ccccc24)CC[C@H](C)C3)cc1. The molecular weight excluding hydrogens is 380 g/mol. The van der Waals surface area contributed by atoms with E-state index in [0.717, 1.165) is 41.4 Å². The Morgan fingerprint density at radius 2 is 1.90 bits per heavy atom. The summed E-state index contributed by atoms with van der Waals surface area (Å²) >= 11 is 0. The van der Waals surface area contributed by atoms with Crippen LogP contribution in [0.25, 0.3) is 10.9 Å². The number of para-hydroxylation sites is 1. The Morgan fingerprint density at radius 3 is 2.67 bits per heavy atom. The molecule has 0 spiro atoms. The number of carbonyl (C=O) groups excluding carboxylic acids is 2. The number of aromatic nitrogens is 1. The molecule has 1 aliphatic carbocycles. The molecule has 0 radical (unpaired) electrons. The maximum Gasteiger partial charge on any atom is 0.339 e. The van der Waals surface area contributed by atoms with Crippen molar-refractivity contribution in [1.29, 1.82) is 0 Å². The third-order valence-corrected chi connectivity index (χ3v) is 5.42. The minimum absolute atomic E-state index is 0.355. The maximum atomic E-state index is 13.0. The molecule has 6 nitrogen and oxygen atoms in total. The van der Waals surface area contributed by atoms with Crippen molar-refractivity contribution in [2.45, 2.75) is 26.2 Å². The minimum atomic E-state index is -0.483. The van der Waals surface area contributed by atoms with Crippen molar-refractivity contribution in [3.8, 4) is 5.75 Å². The Morgan fingerprint density at radius 1 is 1.13 bits per heavy atom. The average molecular weight is 404 g/mol. The van der Waals surface area contributed by atoms with E-state index in [1.165, 1.54) is 0 Å². The van der Waals surface area contributed by atoms with Gasteiger partial charge in [-0.25, -0.2) is 4.79 Å². The molecule has 1 amide bonds. The topological polar surface area (TPSA) is 77.5 Å². The van der Waals surface area contributed by atoms with Crippen LogP contribution < -0.4 is 10.1 Å². The second kappa shape index (κ2) is 8.53. The molecule has 0 saturated carbocycles. The molecule has 2 aromatic carbocycles. The van der Waals surface area contributed by atoms with E-state index in [2.05, 4.69) is 12.2 Å². The zero-order valence-electron chi connectivity index (χ0n) is 17.1. The van der Waals surface area contributed by atoms with E-state index < -0.39 is 11.9 Å². The summed E-state index contributed by atoms with van der Waals surface area (Å²) in [5.74, 6) is 0.298. The fraction of sp³-hybridized carbons (Fsp3) is 0.292. The van der Waals surface area contributed by atoms with Gasteiger partial charge in [-0.3, -0.25) is 9.78 Å². The number of anilines is 1. The van der Waals surface area contributed by atoms with Gasteiger partial charge in [0.2, 0.25) is 0 Å². The van der Waals surface area contributed by atoms with Gasteiger partial charge in [0, 0.05) is 16.8 Å². The summed E-state index contributed by atoms with van der Waals surface area (Å²) in [4.78, 5) is 30.1. The van der Waals surface area contributed by atoms with Gasteiger partial charge in [-0.05, 0) is 61.1 Å². The number of aryl methyl sites for hydroxylation is 1. The van der Waals surface area contributed by atoms with E-state index >= 15 is 0 Å². The number of pyridine rings is 1. The molecule has 1 aromatic heterocycles. The Kier molecular flexibility index (Phi) is 5.65. The predicted molar refractivity (Wildman–Crippen MR) is 115 cm³/mol. The molecule has 1 heterocycles. The number of methoxy groups -OCH3 is 1. The van der Waals surface area contributed by atoms with Gasteiger partial charge < -0.3 is 14.8 Å². The largest absolute Gasteiger partial charge is 0.497 e. The Hall–Kier alpha value is -3.41. The molecule has 1 atom stereocenters. The first-order valence-corrected chi connectivity index (χ1v) is 10.1. The highest BCUT2D eigenvalue weighted by Crippen LogP contribution is 2.32. The molecule has 0 fully saturated rings. The molecule has 1 aliphatic rings. The summed E-state index contributed by atoms with van der Waals surface area (Å²) in [6, 6.07) is 14.5. The Bertz CT molecular complexity index is 1090. The lowest BCUT2D eigenvalue weighted by Gasteiger charge is -2.24. The van der Waals surface area contributed by atoms with Crippen molar-refractivity contribution < 1.29 is 19.1 Å². The van der Waals surface area contributed by atoms with Crippen LogP contribution in [0.4, 0.5) is 5.69 Å². The molecule has 6 heteroatoms. The summed E-state index contributed by atoms with van der Waals surface area (Å²) in [6.07, 6.45) is 2.69. The predicted octanol–water partition coefficient (Wildman–Crippen LogP) is 4.16. The lowest BCUT2D eigenvalue weighted by atomic mass is 9.84. The lowest BCUT2D eigenvalue weighted by molar-refractivity contribution is -0.119. The van der Waals surface area contributed by atoms with Crippen molar-refractivity contribution in [2.24, 2.45) is 5.92 Å². The van der Waals surface area contributed by atoms with Crippen molar-refractivity contribution >= 4 is 28.5 Å². The zero-order valence-corrected chi connectivity index (χ0v) is 17.1. The molecule has 0 bridgehead atoms. The number of hydrogen-bond acceptors (Lipinski definition) is 5. The highest BCUT2D eigenvalue weighted by atomic mass is 16.5. The molecule has 4 rings (SSSR count). The quantitative estimate of drug-likeness (QED) is 0.646. The highest BCUT2D eigenvalue weighted by molar-refractivity contribution is 6.06. The molecular formula is C24H24N2O4. The number of esters is 1. The lowest BCUT2D eigenvalue weighted by Crippen LogP contribution is -2.23. The summed E-state index contributed by atoms with van der Waals surface area (Å²) in [5, 5.41) is 3.49. The van der Waals surface area contributed by atoms with Crippen molar-refractivity contribution in [2.75, 3.05) is 19.0 Å². The normalized spacial score (nSPS) is 15.3. The van der Waals surface area contributed by atoms with Crippen molar-refractivity contribution in [3.05, 3.63) is 65.4 Å². The van der Waals surface area contributed by atoms with Crippen LogP contribution in [0, 0.1) is 5.92 Å². The van der Waals surface area contributed by atoms with Gasteiger partial charge in [0.05, 0.1) is 18.2 Å². The number of rotatable bonds is 5. The van der Waals surface area contributed by atoms with Crippen LogP contribution in [0.2, 0.25) is 0 Å². The molecule has 0 saturated heterocycles. The van der Waals surface area contributed by atoms with Crippen LogP contribution >= 0.6 is 0 Å². The van der Waals surface area contributed by atoms with E-state index in [4.69, 9.17) is 14.5 Å². The number of nitrogens with one attached hydrogen (secondary N) is 1. The van der Waals surface area contributed by atoms with Crippen molar-refractivity contribution in [1.82, 2.24) is 4.98 Å². The van der Waals surface area contributed by atoms with Gasteiger partial charge in [-0.15, -0.1) is 0 Å². The molecule has 0 aliphatic heterocycles. The summed E-state index contributed by atoms with van der Waals surface area (Å²) in [7, 11) is 1.58. The zero-order chi connectivity index (χ0) is 21.1. The second-order valence-electron chi connectivity index (χ2n) is 7.63.